The van der Waals surface area contributed by atoms with Crippen molar-refractivity contribution in [3.63, 3.8) is 0 Å². The fourth-order valence-electron chi connectivity index (χ4n) is 4.22. The number of rotatable bonds is 6. The molecule has 4 heteroatoms. The van der Waals surface area contributed by atoms with Crippen LogP contribution >= 0.6 is 0 Å². The van der Waals surface area contributed by atoms with Gasteiger partial charge in [0.15, 0.2) is 0 Å². The summed E-state index contributed by atoms with van der Waals surface area (Å²) in [6.07, 6.45) is 12.0. The fraction of sp³-hybridized carbons (Fsp3) is 0.818. The molecule has 0 aliphatic heterocycles. The molecule has 0 aromatic heterocycles. The number of hydrogen-bond acceptors (Lipinski definition) is 1. The van der Waals surface area contributed by atoms with E-state index in [1.165, 1.54) is 51.4 Å². The summed E-state index contributed by atoms with van der Waals surface area (Å²) in [6.45, 7) is 2.25. The molecule has 2 aliphatic rings. The van der Waals surface area contributed by atoms with Crippen LogP contribution in [0.4, 0.5) is 13.2 Å². The van der Waals surface area contributed by atoms with Gasteiger partial charge in [0.2, 0.25) is 0 Å². The van der Waals surface area contributed by atoms with Gasteiger partial charge in [-0.15, -0.1) is 13.2 Å². The molecule has 2 rings (SSSR count). The summed E-state index contributed by atoms with van der Waals surface area (Å²) in [4.78, 5) is 0. The van der Waals surface area contributed by atoms with Crippen molar-refractivity contribution in [3.05, 3.63) is 12.2 Å². The third kappa shape index (κ3) is 8.62. The van der Waals surface area contributed by atoms with Crippen molar-refractivity contribution < 1.29 is 17.9 Å². The first kappa shape index (κ1) is 21.4. The van der Waals surface area contributed by atoms with Crippen molar-refractivity contribution in [1.82, 2.24) is 0 Å². The number of ether oxygens (including phenoxy) is 1. The van der Waals surface area contributed by atoms with Crippen molar-refractivity contribution in [1.29, 1.82) is 0 Å². The Morgan fingerprint density at radius 1 is 0.962 bits per heavy atom. The first-order valence-corrected chi connectivity index (χ1v) is 10.4. The molecule has 1 nitrogen and oxygen atoms in total. The van der Waals surface area contributed by atoms with Gasteiger partial charge < -0.3 is 0 Å². The summed E-state index contributed by atoms with van der Waals surface area (Å²) in [5.74, 6) is 8.13. The summed E-state index contributed by atoms with van der Waals surface area (Å²) in [6, 6.07) is 0. The van der Waals surface area contributed by atoms with E-state index in [2.05, 4.69) is 29.6 Å². The van der Waals surface area contributed by atoms with E-state index in [9.17, 15) is 13.2 Å². The third-order valence-electron chi connectivity index (χ3n) is 5.82. The van der Waals surface area contributed by atoms with E-state index in [4.69, 9.17) is 0 Å². The van der Waals surface area contributed by atoms with E-state index in [1.54, 1.807) is 0 Å². The second-order valence-corrected chi connectivity index (χ2v) is 7.96. The van der Waals surface area contributed by atoms with E-state index in [1.807, 2.05) is 6.08 Å². The van der Waals surface area contributed by atoms with Gasteiger partial charge in [-0.2, -0.15) is 0 Å². The molecule has 0 amide bonds. The Kier molecular flexibility index (Phi) is 9.05. The number of halogens is 3. The monoisotopic (exact) mass is 370 g/mol. The first-order valence-electron chi connectivity index (χ1n) is 10.4. The summed E-state index contributed by atoms with van der Waals surface area (Å²) in [7, 11) is 0. The average Bonchev–Trinajstić information content (AvgIpc) is 2.60. The molecule has 2 saturated carbocycles. The highest BCUT2D eigenvalue weighted by atomic mass is 19.4. The Labute approximate surface area is 156 Å². The van der Waals surface area contributed by atoms with Gasteiger partial charge in [0.05, 0.1) is 6.10 Å². The molecule has 0 radical (unpaired) electrons. The van der Waals surface area contributed by atoms with Crippen LogP contribution in [0.3, 0.4) is 0 Å². The quantitative estimate of drug-likeness (QED) is 0.360. The number of hydrogen-bond donors (Lipinski definition) is 0. The van der Waals surface area contributed by atoms with Gasteiger partial charge in [0.1, 0.15) is 0 Å². The van der Waals surface area contributed by atoms with Gasteiger partial charge in [-0.3, -0.25) is 4.74 Å². The molecule has 0 spiro atoms. The molecule has 0 heterocycles. The lowest BCUT2D eigenvalue weighted by Crippen LogP contribution is -2.27. The predicted octanol–water partition coefficient (Wildman–Crippen LogP) is 7.03. The van der Waals surface area contributed by atoms with E-state index >= 15 is 0 Å². The van der Waals surface area contributed by atoms with Crippen LogP contribution in [0.15, 0.2) is 12.2 Å². The largest absolute Gasteiger partial charge is 0.522 e. The summed E-state index contributed by atoms with van der Waals surface area (Å²) in [5.41, 5.74) is 0. The molecule has 0 aromatic rings. The Balaban J connectivity index is 1.62. The van der Waals surface area contributed by atoms with Crippen molar-refractivity contribution in [2.24, 2.45) is 17.8 Å². The predicted molar refractivity (Wildman–Crippen MR) is 99.4 cm³/mol. The zero-order chi connectivity index (χ0) is 18.8. The number of alkyl halides is 3. The maximum Gasteiger partial charge on any atom is 0.522 e. The van der Waals surface area contributed by atoms with E-state index in [-0.39, 0.29) is 5.92 Å². The third-order valence-corrected chi connectivity index (χ3v) is 5.82. The van der Waals surface area contributed by atoms with Gasteiger partial charge in [0, 0.05) is 5.92 Å². The fourth-order valence-corrected chi connectivity index (χ4v) is 4.22. The number of unbranched alkanes of at least 4 members (excludes halogenated alkanes) is 2. The molecule has 2 aliphatic carbocycles. The second-order valence-electron chi connectivity index (χ2n) is 7.96. The van der Waals surface area contributed by atoms with Crippen LogP contribution in [0.25, 0.3) is 0 Å². The maximum atomic E-state index is 12.2. The van der Waals surface area contributed by atoms with Crippen molar-refractivity contribution in [2.75, 3.05) is 0 Å². The van der Waals surface area contributed by atoms with Crippen molar-refractivity contribution in [2.45, 2.75) is 96.4 Å². The Bertz CT molecular complexity index is 470. The highest BCUT2D eigenvalue weighted by Crippen LogP contribution is 2.33. The van der Waals surface area contributed by atoms with Gasteiger partial charge in [-0.05, 0) is 69.3 Å². The molecule has 0 aromatic carbocycles. The van der Waals surface area contributed by atoms with Crippen LogP contribution in [0.5, 0.6) is 0 Å². The summed E-state index contributed by atoms with van der Waals surface area (Å²) < 4.78 is 40.7. The lowest BCUT2D eigenvalue weighted by atomic mass is 9.79. The molecule has 2 fully saturated rings. The minimum absolute atomic E-state index is 0.210. The van der Waals surface area contributed by atoms with Crippen LogP contribution in [-0.4, -0.2) is 12.5 Å². The Hall–Kier alpha value is -0.950. The molecular weight excluding hydrogens is 337 g/mol. The molecule has 148 valence electrons. The van der Waals surface area contributed by atoms with Crippen LogP contribution in [0.1, 0.15) is 84.0 Å². The standard InChI is InChI=1S/C22H33F3O/c1-2-3-4-7-18-10-12-19(13-11-18)8-5-6-9-20-14-16-21(17-15-20)26-22(23,24)25/h5,8,18-21H,2-4,7,10-17H2,1H3. The lowest BCUT2D eigenvalue weighted by Gasteiger charge is -2.26. The van der Waals surface area contributed by atoms with Gasteiger partial charge >= 0.3 is 6.36 Å². The second kappa shape index (κ2) is 11.0. The average molecular weight is 370 g/mol. The Morgan fingerprint density at radius 3 is 2.27 bits per heavy atom. The highest BCUT2D eigenvalue weighted by Gasteiger charge is 2.35. The molecule has 0 unspecified atom stereocenters. The molecule has 0 N–H and O–H groups in total. The number of allylic oxidation sites excluding steroid dienone is 2. The summed E-state index contributed by atoms with van der Waals surface area (Å²) in [5, 5.41) is 0. The topological polar surface area (TPSA) is 9.23 Å². The molecule has 0 atom stereocenters. The lowest BCUT2D eigenvalue weighted by molar-refractivity contribution is -0.345. The minimum atomic E-state index is -4.51. The Morgan fingerprint density at radius 2 is 1.65 bits per heavy atom. The molecule has 0 saturated heterocycles. The normalized spacial score (nSPS) is 30.2. The maximum absolute atomic E-state index is 12.2. The first-order chi connectivity index (χ1) is 12.5. The van der Waals surface area contributed by atoms with E-state index < -0.39 is 12.5 Å². The molecule has 0 bridgehead atoms. The summed E-state index contributed by atoms with van der Waals surface area (Å²) >= 11 is 0. The van der Waals surface area contributed by atoms with E-state index in [0.717, 1.165) is 5.92 Å². The molecule has 26 heavy (non-hydrogen) atoms. The van der Waals surface area contributed by atoms with Crippen LogP contribution in [0.2, 0.25) is 0 Å². The van der Waals surface area contributed by atoms with Crippen molar-refractivity contribution >= 4 is 0 Å². The molecular formula is C22H33F3O. The van der Waals surface area contributed by atoms with Crippen molar-refractivity contribution in [3.8, 4) is 11.8 Å². The smallest absolute Gasteiger partial charge is 0.289 e. The van der Waals surface area contributed by atoms with Crippen LogP contribution < -0.4 is 0 Å². The zero-order valence-corrected chi connectivity index (χ0v) is 16.0. The van der Waals surface area contributed by atoms with Crippen LogP contribution in [0, 0.1) is 29.6 Å². The highest BCUT2D eigenvalue weighted by molar-refractivity contribution is 5.18. The van der Waals surface area contributed by atoms with E-state index in [0.29, 0.717) is 31.6 Å². The minimum Gasteiger partial charge on any atom is -0.289 e. The zero-order valence-electron chi connectivity index (χ0n) is 16.0. The SMILES string of the molecule is CCCCCC1CCC(C=CC#CC2CCC(OC(F)(F)F)CC2)CC1. The van der Waals surface area contributed by atoms with Gasteiger partial charge in [0.25, 0.3) is 0 Å². The van der Waals surface area contributed by atoms with Gasteiger partial charge in [-0.25, -0.2) is 0 Å². The van der Waals surface area contributed by atoms with Crippen LogP contribution in [-0.2, 0) is 4.74 Å². The van der Waals surface area contributed by atoms with Gasteiger partial charge in [-0.1, -0.05) is 50.5 Å².